The van der Waals surface area contributed by atoms with Gasteiger partial charge in [-0.25, -0.2) is 0 Å². The molecular formula is C22H18N2O3. The van der Waals surface area contributed by atoms with Crippen LogP contribution in [0.3, 0.4) is 0 Å². The first-order valence-electron chi connectivity index (χ1n) is 8.97. The summed E-state index contributed by atoms with van der Waals surface area (Å²) in [4.78, 5) is 27.5. The number of para-hydroxylation sites is 1. The van der Waals surface area contributed by atoms with Crippen molar-refractivity contribution < 1.29 is 14.7 Å². The number of aromatic hydroxyl groups is 1. The fourth-order valence-corrected chi connectivity index (χ4v) is 4.03. The van der Waals surface area contributed by atoms with Crippen LogP contribution in [0, 0.1) is 11.3 Å². The first-order chi connectivity index (χ1) is 13.1. The molecule has 0 saturated carbocycles. The Labute approximate surface area is 157 Å². The zero-order chi connectivity index (χ0) is 19.0. The molecule has 0 spiro atoms. The molecule has 0 fully saturated rings. The van der Waals surface area contributed by atoms with E-state index in [9.17, 15) is 20.0 Å². The van der Waals surface area contributed by atoms with Crippen molar-refractivity contribution >= 4 is 17.4 Å². The number of benzene rings is 2. The second-order valence-electron chi connectivity index (χ2n) is 6.84. The van der Waals surface area contributed by atoms with Gasteiger partial charge in [-0.1, -0.05) is 24.3 Å². The number of nitrogens with zero attached hydrogens (tertiary/aromatic N) is 2. The van der Waals surface area contributed by atoms with Crippen LogP contribution in [0.1, 0.15) is 42.7 Å². The molecule has 1 aliphatic heterocycles. The summed E-state index contributed by atoms with van der Waals surface area (Å²) in [5.41, 5.74) is 3.18. The molecule has 1 heterocycles. The SMILES string of the molecule is N#Cc1ccccc1N1C(=O)CC(c2ccc(O)cc2)C2=C1CCCC2=O. The minimum atomic E-state index is -0.314. The van der Waals surface area contributed by atoms with Gasteiger partial charge in [-0.3, -0.25) is 14.5 Å². The number of hydrogen-bond acceptors (Lipinski definition) is 4. The third kappa shape index (κ3) is 2.89. The number of rotatable bonds is 2. The second-order valence-corrected chi connectivity index (χ2v) is 6.84. The molecule has 5 nitrogen and oxygen atoms in total. The number of carbonyl (C=O) groups is 2. The van der Waals surface area contributed by atoms with Crippen molar-refractivity contribution in [3.05, 3.63) is 70.9 Å². The van der Waals surface area contributed by atoms with Crippen molar-refractivity contribution in [3.63, 3.8) is 0 Å². The summed E-state index contributed by atoms with van der Waals surface area (Å²) in [6.45, 7) is 0. The van der Waals surface area contributed by atoms with Crippen LogP contribution in [0.25, 0.3) is 0 Å². The number of Topliss-reactive ketones (excluding diaryl/α,β-unsaturated/α-hetero) is 1. The van der Waals surface area contributed by atoms with Gasteiger partial charge >= 0.3 is 0 Å². The van der Waals surface area contributed by atoms with Crippen molar-refractivity contribution in [2.45, 2.75) is 31.6 Å². The zero-order valence-corrected chi connectivity index (χ0v) is 14.7. The highest BCUT2D eigenvalue weighted by Crippen LogP contribution is 2.44. The Kier molecular flexibility index (Phi) is 4.25. The maximum absolute atomic E-state index is 13.1. The van der Waals surface area contributed by atoms with E-state index in [4.69, 9.17) is 0 Å². The van der Waals surface area contributed by atoms with E-state index in [1.807, 2.05) is 0 Å². The fourth-order valence-electron chi connectivity index (χ4n) is 4.03. The number of phenols is 1. The summed E-state index contributed by atoms with van der Waals surface area (Å²) in [5.74, 6) is -0.230. The van der Waals surface area contributed by atoms with Crippen molar-refractivity contribution in [1.82, 2.24) is 0 Å². The van der Waals surface area contributed by atoms with E-state index >= 15 is 0 Å². The normalized spacial score (nSPS) is 19.7. The van der Waals surface area contributed by atoms with Gasteiger partial charge in [-0.05, 0) is 42.7 Å². The van der Waals surface area contributed by atoms with E-state index in [0.717, 1.165) is 5.56 Å². The summed E-state index contributed by atoms with van der Waals surface area (Å²) in [7, 11) is 0. The molecule has 0 saturated heterocycles. The second kappa shape index (κ2) is 6.73. The Bertz CT molecular complexity index is 999. The van der Waals surface area contributed by atoms with E-state index in [1.165, 1.54) is 0 Å². The first kappa shape index (κ1) is 17.0. The average molecular weight is 358 g/mol. The molecule has 2 aromatic rings. The van der Waals surface area contributed by atoms with Gasteiger partial charge in [0, 0.05) is 30.0 Å². The molecule has 4 rings (SSSR count). The highest BCUT2D eigenvalue weighted by Gasteiger charge is 2.40. The third-order valence-corrected chi connectivity index (χ3v) is 5.24. The predicted molar refractivity (Wildman–Crippen MR) is 100.0 cm³/mol. The molecule has 1 aliphatic carbocycles. The van der Waals surface area contributed by atoms with Gasteiger partial charge in [0.25, 0.3) is 0 Å². The van der Waals surface area contributed by atoms with Gasteiger partial charge in [0.1, 0.15) is 11.8 Å². The molecule has 1 amide bonds. The lowest BCUT2D eigenvalue weighted by atomic mass is 9.77. The highest BCUT2D eigenvalue weighted by atomic mass is 16.3. The van der Waals surface area contributed by atoms with E-state index in [1.54, 1.807) is 53.4 Å². The van der Waals surface area contributed by atoms with Crippen LogP contribution in [0.15, 0.2) is 59.8 Å². The molecule has 0 bridgehead atoms. The molecule has 2 aliphatic rings. The third-order valence-electron chi connectivity index (χ3n) is 5.24. The molecule has 27 heavy (non-hydrogen) atoms. The number of nitriles is 1. The van der Waals surface area contributed by atoms with Crippen LogP contribution in [0.4, 0.5) is 5.69 Å². The molecule has 134 valence electrons. The summed E-state index contributed by atoms with van der Waals surface area (Å²) >= 11 is 0. The standard InChI is InChI=1S/C22H18N2O3/c23-13-15-4-1-2-5-18(15)24-19-6-3-7-20(26)22(19)17(12-21(24)27)14-8-10-16(25)11-9-14/h1-2,4-5,8-11,17,25H,3,6-7,12H2. The smallest absolute Gasteiger partial charge is 0.232 e. The lowest BCUT2D eigenvalue weighted by Gasteiger charge is -2.38. The van der Waals surface area contributed by atoms with E-state index in [-0.39, 0.29) is 29.8 Å². The van der Waals surface area contributed by atoms with Crippen LogP contribution in [-0.2, 0) is 9.59 Å². The Morgan fingerprint density at radius 3 is 2.52 bits per heavy atom. The molecular weight excluding hydrogens is 340 g/mol. The summed E-state index contributed by atoms with van der Waals surface area (Å²) in [5, 5.41) is 19.0. The van der Waals surface area contributed by atoms with Crippen LogP contribution in [0.5, 0.6) is 5.75 Å². The monoisotopic (exact) mass is 358 g/mol. The van der Waals surface area contributed by atoms with Crippen LogP contribution < -0.4 is 4.90 Å². The first-order valence-corrected chi connectivity index (χ1v) is 8.97. The topological polar surface area (TPSA) is 81.4 Å². The Morgan fingerprint density at radius 1 is 1.04 bits per heavy atom. The molecule has 0 aromatic heterocycles. The quantitative estimate of drug-likeness (QED) is 0.885. The number of phenolic OH excluding ortho intramolecular Hbond substituents is 1. The molecule has 2 aromatic carbocycles. The Morgan fingerprint density at radius 2 is 1.78 bits per heavy atom. The predicted octanol–water partition coefficient (Wildman–Crippen LogP) is 3.79. The lowest BCUT2D eigenvalue weighted by Crippen LogP contribution is -2.40. The minimum absolute atomic E-state index is 0.0567. The molecule has 1 unspecified atom stereocenters. The van der Waals surface area contributed by atoms with Gasteiger partial charge < -0.3 is 5.11 Å². The van der Waals surface area contributed by atoms with Crippen molar-refractivity contribution in [3.8, 4) is 11.8 Å². The number of hydrogen-bond donors (Lipinski definition) is 1. The maximum Gasteiger partial charge on any atom is 0.232 e. The van der Waals surface area contributed by atoms with Gasteiger partial charge in [0.2, 0.25) is 5.91 Å². The van der Waals surface area contributed by atoms with Crippen LogP contribution >= 0.6 is 0 Å². The Hall–Kier alpha value is -3.39. The lowest BCUT2D eigenvalue weighted by molar-refractivity contribution is -0.119. The molecule has 1 atom stereocenters. The number of ketones is 1. The van der Waals surface area contributed by atoms with E-state index < -0.39 is 0 Å². The zero-order valence-electron chi connectivity index (χ0n) is 14.7. The maximum atomic E-state index is 13.1. The van der Waals surface area contributed by atoms with E-state index in [0.29, 0.717) is 41.8 Å². The molecule has 1 N–H and O–H groups in total. The molecule has 0 radical (unpaired) electrons. The highest BCUT2D eigenvalue weighted by molar-refractivity contribution is 6.08. The van der Waals surface area contributed by atoms with Crippen molar-refractivity contribution in [2.24, 2.45) is 0 Å². The van der Waals surface area contributed by atoms with Gasteiger partial charge in [0.05, 0.1) is 11.3 Å². The molecule has 5 heteroatoms. The number of anilines is 1. The summed E-state index contributed by atoms with van der Waals surface area (Å²) in [6.07, 6.45) is 1.95. The largest absolute Gasteiger partial charge is 0.508 e. The van der Waals surface area contributed by atoms with Gasteiger partial charge in [-0.15, -0.1) is 0 Å². The van der Waals surface area contributed by atoms with Crippen molar-refractivity contribution in [2.75, 3.05) is 4.90 Å². The van der Waals surface area contributed by atoms with Gasteiger partial charge in [-0.2, -0.15) is 5.26 Å². The number of amides is 1. The number of allylic oxidation sites excluding steroid dienone is 2. The van der Waals surface area contributed by atoms with Crippen LogP contribution in [-0.4, -0.2) is 16.8 Å². The Balaban J connectivity index is 1.89. The summed E-state index contributed by atoms with van der Waals surface area (Å²) < 4.78 is 0. The summed E-state index contributed by atoms with van der Waals surface area (Å²) in [6, 6.07) is 15.8. The van der Waals surface area contributed by atoms with Crippen molar-refractivity contribution in [1.29, 1.82) is 5.26 Å². The van der Waals surface area contributed by atoms with Crippen LogP contribution in [0.2, 0.25) is 0 Å². The average Bonchev–Trinajstić information content (AvgIpc) is 2.68. The van der Waals surface area contributed by atoms with E-state index in [2.05, 4.69) is 6.07 Å². The fraction of sp³-hybridized carbons (Fsp3) is 0.227. The minimum Gasteiger partial charge on any atom is -0.508 e. The number of carbonyl (C=O) groups excluding carboxylic acids is 2. The van der Waals surface area contributed by atoms with Gasteiger partial charge in [0.15, 0.2) is 5.78 Å².